The molecule has 6 heteroatoms. The first kappa shape index (κ1) is 15.2. The molecule has 0 fully saturated rings. The number of hydrogen-bond acceptors (Lipinski definition) is 4. The molecule has 0 aliphatic rings. The van der Waals surface area contributed by atoms with E-state index in [0.29, 0.717) is 10.8 Å². The molecule has 108 valence electrons. The molecule has 0 radical (unpaired) electrons. The van der Waals surface area contributed by atoms with Gasteiger partial charge in [-0.2, -0.15) is 0 Å². The second kappa shape index (κ2) is 6.49. The number of nitrogens with zero attached hydrogens (tertiary/aromatic N) is 1. The van der Waals surface area contributed by atoms with Gasteiger partial charge in [0.25, 0.3) is 0 Å². The van der Waals surface area contributed by atoms with Crippen LogP contribution < -0.4 is 4.72 Å². The fourth-order valence-electron chi connectivity index (χ4n) is 1.95. The largest absolute Gasteiger partial charge is 0.301 e. The van der Waals surface area contributed by atoms with Gasteiger partial charge >= 0.3 is 0 Å². The van der Waals surface area contributed by atoms with E-state index >= 15 is 0 Å². The van der Waals surface area contributed by atoms with Crippen LogP contribution in [-0.4, -0.2) is 34.0 Å². The van der Waals surface area contributed by atoms with Gasteiger partial charge in [-0.15, -0.1) is 11.3 Å². The average molecular weight is 310 g/mol. The third-order valence-electron chi connectivity index (χ3n) is 3.03. The lowest BCUT2D eigenvalue weighted by Crippen LogP contribution is -2.34. The molecule has 0 aliphatic carbocycles. The highest BCUT2D eigenvalue weighted by atomic mass is 32.2. The Morgan fingerprint density at radius 2 is 1.85 bits per heavy atom. The lowest BCUT2D eigenvalue weighted by Gasteiger charge is -2.24. The second-order valence-corrected chi connectivity index (χ2v) is 7.62. The molecule has 0 saturated heterocycles. The van der Waals surface area contributed by atoms with Gasteiger partial charge in [-0.25, -0.2) is 13.1 Å². The van der Waals surface area contributed by atoms with E-state index in [1.165, 1.54) is 11.3 Å². The molecule has 2 aromatic rings. The smallest absolute Gasteiger partial charge is 0.250 e. The van der Waals surface area contributed by atoms with Gasteiger partial charge < -0.3 is 4.90 Å². The predicted octanol–water partition coefficient (Wildman–Crippen LogP) is 2.33. The first-order valence-electron chi connectivity index (χ1n) is 6.25. The molecule has 1 unspecified atom stereocenters. The van der Waals surface area contributed by atoms with E-state index in [1.54, 1.807) is 17.5 Å². The maximum Gasteiger partial charge on any atom is 0.250 e. The highest BCUT2D eigenvalue weighted by Crippen LogP contribution is 2.19. The Kier molecular flexibility index (Phi) is 4.93. The summed E-state index contributed by atoms with van der Waals surface area (Å²) in [5, 5.41) is 1.76. The van der Waals surface area contributed by atoms with Gasteiger partial charge in [-0.05, 0) is 31.1 Å². The van der Waals surface area contributed by atoms with Crippen molar-refractivity contribution in [3.63, 3.8) is 0 Å². The highest BCUT2D eigenvalue weighted by molar-refractivity contribution is 7.91. The number of sulfonamides is 1. The van der Waals surface area contributed by atoms with Gasteiger partial charge in [-0.1, -0.05) is 36.4 Å². The van der Waals surface area contributed by atoms with Crippen LogP contribution in [0.5, 0.6) is 0 Å². The van der Waals surface area contributed by atoms with Crippen LogP contribution in [0.2, 0.25) is 0 Å². The molecule has 1 aromatic carbocycles. The summed E-state index contributed by atoms with van der Waals surface area (Å²) in [6.45, 7) is 0.344. The fourth-order valence-corrected chi connectivity index (χ4v) is 4.03. The van der Waals surface area contributed by atoms with Crippen molar-refractivity contribution in [2.24, 2.45) is 0 Å². The van der Waals surface area contributed by atoms with Gasteiger partial charge in [0.15, 0.2) is 0 Å². The van der Waals surface area contributed by atoms with Crippen molar-refractivity contribution < 1.29 is 8.42 Å². The molecule has 0 amide bonds. The molecule has 1 N–H and O–H groups in total. The predicted molar refractivity (Wildman–Crippen MR) is 82.4 cm³/mol. The minimum absolute atomic E-state index is 0.00550. The van der Waals surface area contributed by atoms with Crippen molar-refractivity contribution in [3.05, 3.63) is 53.4 Å². The Hall–Kier alpha value is -1.21. The summed E-state index contributed by atoms with van der Waals surface area (Å²) in [6.07, 6.45) is 0. The number of rotatable bonds is 6. The summed E-state index contributed by atoms with van der Waals surface area (Å²) in [5.74, 6) is 0. The van der Waals surface area contributed by atoms with Crippen LogP contribution in [0.15, 0.2) is 52.1 Å². The summed E-state index contributed by atoms with van der Waals surface area (Å²) in [6, 6.07) is 13.2. The molecular formula is C14H18N2O2S2. The third kappa shape index (κ3) is 3.67. The number of likely N-dealkylation sites (N-methyl/N-ethyl adjacent to an activating group) is 1. The monoisotopic (exact) mass is 310 g/mol. The molecule has 20 heavy (non-hydrogen) atoms. The van der Waals surface area contributed by atoms with Gasteiger partial charge in [0, 0.05) is 12.6 Å². The van der Waals surface area contributed by atoms with E-state index in [1.807, 2.05) is 49.3 Å². The minimum atomic E-state index is -3.41. The summed E-state index contributed by atoms with van der Waals surface area (Å²) in [7, 11) is 0.471. The quantitative estimate of drug-likeness (QED) is 0.891. The van der Waals surface area contributed by atoms with Crippen LogP contribution in [0.1, 0.15) is 11.6 Å². The van der Waals surface area contributed by atoms with Crippen molar-refractivity contribution >= 4 is 21.4 Å². The van der Waals surface area contributed by atoms with E-state index in [9.17, 15) is 8.42 Å². The molecule has 0 bridgehead atoms. The van der Waals surface area contributed by atoms with E-state index in [4.69, 9.17) is 0 Å². The first-order valence-corrected chi connectivity index (χ1v) is 8.61. The maximum atomic E-state index is 12.1. The molecule has 4 nitrogen and oxygen atoms in total. The Morgan fingerprint density at radius 1 is 1.15 bits per heavy atom. The molecule has 1 heterocycles. The third-order valence-corrected chi connectivity index (χ3v) is 5.86. The van der Waals surface area contributed by atoms with Crippen LogP contribution in [0.3, 0.4) is 0 Å². The summed E-state index contributed by atoms with van der Waals surface area (Å²) in [4.78, 5) is 2.01. The van der Waals surface area contributed by atoms with Crippen molar-refractivity contribution in [3.8, 4) is 0 Å². The standard InChI is InChI=1S/C14H18N2O2S2/c1-16(2)13(12-7-4-3-5-8-12)11-15-20(17,18)14-9-6-10-19-14/h3-10,13,15H,11H2,1-2H3. The van der Waals surface area contributed by atoms with Gasteiger partial charge in [-0.3, -0.25) is 0 Å². The molecule has 0 aliphatic heterocycles. The zero-order chi connectivity index (χ0) is 14.6. The van der Waals surface area contributed by atoms with E-state index in [0.717, 1.165) is 5.56 Å². The zero-order valence-electron chi connectivity index (χ0n) is 11.5. The van der Waals surface area contributed by atoms with E-state index < -0.39 is 10.0 Å². The van der Waals surface area contributed by atoms with Crippen molar-refractivity contribution in [1.82, 2.24) is 9.62 Å². The van der Waals surface area contributed by atoms with E-state index in [2.05, 4.69) is 4.72 Å². The van der Waals surface area contributed by atoms with Crippen molar-refractivity contribution in [2.75, 3.05) is 20.6 Å². The van der Waals surface area contributed by atoms with Gasteiger partial charge in [0.05, 0.1) is 0 Å². The molecule has 0 saturated carbocycles. The summed E-state index contributed by atoms with van der Waals surface area (Å²) >= 11 is 1.22. The second-order valence-electron chi connectivity index (χ2n) is 4.67. The summed E-state index contributed by atoms with van der Waals surface area (Å²) < 4.78 is 27.3. The Morgan fingerprint density at radius 3 is 2.40 bits per heavy atom. The molecule has 1 atom stereocenters. The van der Waals surface area contributed by atoms with Gasteiger partial charge in [0.1, 0.15) is 4.21 Å². The SMILES string of the molecule is CN(C)C(CNS(=O)(=O)c1cccs1)c1ccccc1. The topological polar surface area (TPSA) is 49.4 Å². The number of hydrogen-bond donors (Lipinski definition) is 1. The molecular weight excluding hydrogens is 292 g/mol. The Bertz CT molecular complexity index is 622. The normalized spacial score (nSPS) is 13.6. The highest BCUT2D eigenvalue weighted by Gasteiger charge is 2.19. The lowest BCUT2D eigenvalue weighted by atomic mass is 10.1. The molecule has 2 rings (SSSR count). The maximum absolute atomic E-state index is 12.1. The van der Waals surface area contributed by atoms with Crippen LogP contribution in [-0.2, 0) is 10.0 Å². The van der Waals surface area contributed by atoms with Gasteiger partial charge in [0.2, 0.25) is 10.0 Å². The average Bonchev–Trinajstić information content (AvgIpc) is 2.94. The number of nitrogens with one attached hydrogen (secondary N) is 1. The number of thiophene rings is 1. The Labute approximate surface area is 124 Å². The lowest BCUT2D eigenvalue weighted by molar-refractivity contribution is 0.299. The van der Waals surface area contributed by atoms with Crippen LogP contribution in [0, 0.1) is 0 Å². The van der Waals surface area contributed by atoms with Crippen molar-refractivity contribution in [1.29, 1.82) is 0 Å². The van der Waals surface area contributed by atoms with E-state index in [-0.39, 0.29) is 6.04 Å². The first-order chi connectivity index (χ1) is 9.50. The Balaban J connectivity index is 2.11. The summed E-state index contributed by atoms with van der Waals surface area (Å²) in [5.41, 5.74) is 1.09. The minimum Gasteiger partial charge on any atom is -0.301 e. The fraction of sp³-hybridized carbons (Fsp3) is 0.286. The van der Waals surface area contributed by atoms with Crippen LogP contribution >= 0.6 is 11.3 Å². The molecule has 1 aromatic heterocycles. The zero-order valence-corrected chi connectivity index (χ0v) is 13.1. The van der Waals surface area contributed by atoms with Crippen LogP contribution in [0.4, 0.5) is 0 Å². The van der Waals surface area contributed by atoms with Crippen LogP contribution in [0.25, 0.3) is 0 Å². The molecule has 0 spiro atoms. The number of benzene rings is 1. The van der Waals surface area contributed by atoms with Crippen molar-refractivity contribution in [2.45, 2.75) is 10.3 Å².